The molecule has 0 bridgehead atoms. The van der Waals surface area contributed by atoms with E-state index in [-0.39, 0.29) is 18.1 Å². The lowest BCUT2D eigenvalue weighted by molar-refractivity contribution is -0.122. The van der Waals surface area contributed by atoms with E-state index in [9.17, 15) is 14.4 Å². The fraction of sp³-hybridized carbons (Fsp3) is 0.0455. The molecule has 0 atom stereocenters. The number of barbiturate groups is 1. The Labute approximate surface area is 184 Å². The van der Waals surface area contributed by atoms with Crippen LogP contribution < -0.4 is 19.7 Å². The van der Waals surface area contributed by atoms with Crippen molar-refractivity contribution in [1.82, 2.24) is 9.88 Å². The number of hydrogen-bond donors (Lipinski definition) is 1. The summed E-state index contributed by atoms with van der Waals surface area (Å²) in [5.41, 5.74) is 1.56. The average molecular weight is 480 g/mol. The summed E-state index contributed by atoms with van der Waals surface area (Å²) < 4.78 is 13.3. The van der Waals surface area contributed by atoms with Crippen molar-refractivity contribution in [3.63, 3.8) is 0 Å². The largest absolute Gasteiger partial charge is 0.454 e. The Bertz CT molecular complexity index is 1280. The third-order valence-corrected chi connectivity index (χ3v) is 5.37. The Morgan fingerprint density at radius 3 is 2.61 bits per heavy atom. The Balaban J connectivity index is 1.54. The Hall–Kier alpha value is -3.85. The van der Waals surface area contributed by atoms with Crippen LogP contribution in [0.25, 0.3) is 11.8 Å². The van der Waals surface area contributed by atoms with E-state index in [1.807, 2.05) is 35.0 Å². The molecule has 1 fully saturated rings. The van der Waals surface area contributed by atoms with Gasteiger partial charge in [-0.05, 0) is 48.5 Å². The highest BCUT2D eigenvalue weighted by Crippen LogP contribution is 2.36. The Morgan fingerprint density at radius 1 is 0.935 bits per heavy atom. The van der Waals surface area contributed by atoms with Crippen molar-refractivity contribution in [2.75, 3.05) is 11.7 Å². The smallest absolute Gasteiger partial charge is 0.335 e. The lowest BCUT2D eigenvalue weighted by Crippen LogP contribution is -2.54. The first-order chi connectivity index (χ1) is 15.0. The van der Waals surface area contributed by atoms with Crippen LogP contribution in [0.5, 0.6) is 11.5 Å². The molecule has 0 radical (unpaired) electrons. The summed E-state index contributed by atoms with van der Waals surface area (Å²) in [4.78, 5) is 39.0. The number of ether oxygens (including phenoxy) is 2. The van der Waals surface area contributed by atoms with Gasteiger partial charge in [0.25, 0.3) is 11.8 Å². The Morgan fingerprint density at radius 2 is 1.77 bits per heavy atom. The third-order valence-electron chi connectivity index (χ3n) is 4.87. The number of benzene rings is 2. The number of halogens is 1. The molecule has 1 aromatic heterocycles. The molecule has 0 spiro atoms. The maximum atomic E-state index is 13.2. The van der Waals surface area contributed by atoms with Gasteiger partial charge in [-0.15, -0.1) is 0 Å². The molecule has 9 heteroatoms. The fourth-order valence-electron chi connectivity index (χ4n) is 3.44. The maximum absolute atomic E-state index is 13.2. The molecular weight excluding hydrogens is 466 g/mol. The molecule has 3 aromatic rings. The molecule has 0 unspecified atom stereocenters. The van der Waals surface area contributed by atoms with Crippen molar-refractivity contribution in [1.29, 1.82) is 0 Å². The van der Waals surface area contributed by atoms with Crippen LogP contribution in [-0.2, 0) is 9.59 Å². The zero-order valence-corrected chi connectivity index (χ0v) is 17.5. The normalized spacial score (nSPS) is 16.7. The molecular formula is C22H14BrN3O5. The predicted molar refractivity (Wildman–Crippen MR) is 115 cm³/mol. The van der Waals surface area contributed by atoms with Gasteiger partial charge in [-0.3, -0.25) is 14.9 Å². The van der Waals surface area contributed by atoms with Crippen LogP contribution in [0.2, 0.25) is 0 Å². The number of nitrogens with zero attached hydrogens (tertiary/aromatic N) is 2. The third kappa shape index (κ3) is 3.38. The van der Waals surface area contributed by atoms with Crippen LogP contribution in [-0.4, -0.2) is 29.2 Å². The molecule has 31 heavy (non-hydrogen) atoms. The van der Waals surface area contributed by atoms with Gasteiger partial charge in [0.1, 0.15) is 5.57 Å². The van der Waals surface area contributed by atoms with Gasteiger partial charge >= 0.3 is 6.03 Å². The number of carbonyl (C=O) groups excluding carboxylic acids is 3. The highest BCUT2D eigenvalue weighted by molar-refractivity contribution is 9.10. The van der Waals surface area contributed by atoms with Gasteiger partial charge in [0.15, 0.2) is 11.5 Å². The standard InChI is InChI=1S/C22H14BrN3O5/c23-13-3-1-4-14(9-13)25-8-2-5-15(25)10-17-20(27)24-22(29)26(21(17)28)16-6-7-18-19(11-16)31-12-30-18/h1-11H,12H2,(H,24,27,29)/b17-10+. The van der Waals surface area contributed by atoms with Crippen molar-refractivity contribution < 1.29 is 23.9 Å². The number of hydrogen-bond acceptors (Lipinski definition) is 5. The summed E-state index contributed by atoms with van der Waals surface area (Å²) in [6.07, 6.45) is 3.28. The molecule has 0 aliphatic carbocycles. The molecule has 0 saturated carbocycles. The van der Waals surface area contributed by atoms with Crippen molar-refractivity contribution in [3.8, 4) is 17.2 Å². The summed E-state index contributed by atoms with van der Waals surface area (Å²) in [6.45, 7) is 0.0646. The number of carbonyl (C=O) groups is 3. The molecule has 154 valence electrons. The molecule has 3 heterocycles. The van der Waals surface area contributed by atoms with E-state index in [0.717, 1.165) is 15.1 Å². The fourth-order valence-corrected chi connectivity index (χ4v) is 3.82. The van der Waals surface area contributed by atoms with Crippen LogP contribution in [0, 0.1) is 0 Å². The SMILES string of the molecule is O=C1NC(=O)N(c2ccc3c(c2)OCO3)C(=O)/C1=C/c1cccn1-c1cccc(Br)c1. The van der Waals surface area contributed by atoms with Gasteiger partial charge < -0.3 is 14.0 Å². The first-order valence-corrected chi connectivity index (χ1v) is 10.0. The van der Waals surface area contributed by atoms with E-state index in [0.29, 0.717) is 17.2 Å². The maximum Gasteiger partial charge on any atom is 0.335 e. The number of rotatable bonds is 3. The predicted octanol–water partition coefficient (Wildman–Crippen LogP) is 3.63. The molecule has 5 rings (SSSR count). The minimum absolute atomic E-state index is 0.0646. The monoisotopic (exact) mass is 479 g/mol. The van der Waals surface area contributed by atoms with E-state index in [2.05, 4.69) is 21.2 Å². The second-order valence-electron chi connectivity index (χ2n) is 6.78. The molecule has 1 N–H and O–H groups in total. The highest BCUT2D eigenvalue weighted by Gasteiger charge is 2.37. The Kier molecular flexibility index (Phi) is 4.59. The van der Waals surface area contributed by atoms with Gasteiger partial charge in [-0.2, -0.15) is 0 Å². The molecule has 2 aromatic carbocycles. The van der Waals surface area contributed by atoms with Crippen molar-refractivity contribution in [2.24, 2.45) is 0 Å². The second-order valence-corrected chi connectivity index (χ2v) is 7.69. The van der Waals surface area contributed by atoms with Crippen molar-refractivity contribution in [2.45, 2.75) is 0 Å². The van der Waals surface area contributed by atoms with Crippen LogP contribution in [0.1, 0.15) is 5.69 Å². The van der Waals surface area contributed by atoms with Gasteiger partial charge in [0.05, 0.1) is 5.69 Å². The lowest BCUT2D eigenvalue weighted by atomic mass is 10.1. The highest BCUT2D eigenvalue weighted by atomic mass is 79.9. The molecule has 1 saturated heterocycles. The number of anilines is 1. The van der Waals surface area contributed by atoms with Gasteiger partial charge in [-0.1, -0.05) is 22.0 Å². The zero-order chi connectivity index (χ0) is 21.5. The average Bonchev–Trinajstić information content (AvgIpc) is 3.40. The number of fused-ring (bicyclic) bond motifs is 1. The lowest BCUT2D eigenvalue weighted by Gasteiger charge is -2.26. The second kappa shape index (κ2) is 7.44. The van der Waals surface area contributed by atoms with Gasteiger partial charge in [0.2, 0.25) is 6.79 Å². The molecule has 8 nitrogen and oxygen atoms in total. The number of aromatic nitrogens is 1. The van der Waals surface area contributed by atoms with E-state index < -0.39 is 17.8 Å². The summed E-state index contributed by atoms with van der Waals surface area (Å²) in [5, 5.41) is 2.23. The zero-order valence-electron chi connectivity index (χ0n) is 15.9. The number of nitrogens with one attached hydrogen (secondary N) is 1. The minimum Gasteiger partial charge on any atom is -0.454 e. The summed E-state index contributed by atoms with van der Waals surface area (Å²) in [7, 11) is 0. The number of amides is 4. The van der Waals surface area contributed by atoms with Crippen LogP contribution in [0.15, 0.2) is 70.8 Å². The summed E-state index contributed by atoms with van der Waals surface area (Å²) in [5.74, 6) is -0.542. The molecule has 4 amide bonds. The van der Waals surface area contributed by atoms with Crippen LogP contribution >= 0.6 is 15.9 Å². The van der Waals surface area contributed by atoms with Crippen molar-refractivity contribution >= 4 is 45.5 Å². The van der Waals surface area contributed by atoms with Crippen LogP contribution in [0.4, 0.5) is 10.5 Å². The first-order valence-electron chi connectivity index (χ1n) is 9.26. The topological polar surface area (TPSA) is 89.9 Å². The van der Waals surface area contributed by atoms with E-state index in [1.54, 1.807) is 24.3 Å². The van der Waals surface area contributed by atoms with Crippen molar-refractivity contribution in [3.05, 3.63) is 76.5 Å². The molecule has 2 aliphatic heterocycles. The molecule has 2 aliphatic rings. The summed E-state index contributed by atoms with van der Waals surface area (Å²) in [6, 6.07) is 15.0. The van der Waals surface area contributed by atoms with E-state index >= 15 is 0 Å². The quantitative estimate of drug-likeness (QED) is 0.457. The number of urea groups is 1. The van der Waals surface area contributed by atoms with Gasteiger partial charge in [-0.25, -0.2) is 9.69 Å². The minimum atomic E-state index is -0.826. The van der Waals surface area contributed by atoms with Gasteiger partial charge in [0, 0.05) is 28.1 Å². The van der Waals surface area contributed by atoms with E-state index in [4.69, 9.17) is 9.47 Å². The van der Waals surface area contributed by atoms with Crippen LogP contribution in [0.3, 0.4) is 0 Å². The number of imide groups is 2. The first kappa shape index (κ1) is 19.1. The van der Waals surface area contributed by atoms with E-state index in [1.165, 1.54) is 12.1 Å². The summed E-state index contributed by atoms with van der Waals surface area (Å²) >= 11 is 3.44.